The summed E-state index contributed by atoms with van der Waals surface area (Å²) >= 11 is 0. The molecular formula is C22H23NO4. The normalized spacial score (nSPS) is 10.9. The number of ketones is 1. The number of esters is 1. The van der Waals surface area contributed by atoms with Crippen molar-refractivity contribution in [2.45, 2.75) is 39.5 Å². The molecule has 0 atom stereocenters. The lowest BCUT2D eigenvalue weighted by atomic mass is 10.0. The molecule has 0 bridgehead atoms. The summed E-state index contributed by atoms with van der Waals surface area (Å²) in [4.78, 5) is 27.5. The number of furan rings is 1. The molecule has 0 saturated heterocycles. The van der Waals surface area contributed by atoms with Gasteiger partial charge in [0.2, 0.25) is 5.76 Å². The van der Waals surface area contributed by atoms with E-state index in [0.29, 0.717) is 25.0 Å². The Labute approximate surface area is 158 Å². The monoisotopic (exact) mass is 365 g/mol. The van der Waals surface area contributed by atoms with Crippen LogP contribution in [0.4, 0.5) is 0 Å². The standard InChI is InChI=1S/C22H23NO4/c1-15(24)5-6-18-7-8-20-19(14-18)16(2)21(27-20)22(25)26-13-3-4-17-9-11-23-12-10-17/h7-12,14H,3-6,13H2,1-2H3. The maximum Gasteiger partial charge on any atom is 0.374 e. The molecular weight excluding hydrogens is 342 g/mol. The van der Waals surface area contributed by atoms with Crippen molar-refractivity contribution in [3.05, 3.63) is 65.2 Å². The number of ether oxygens (including phenoxy) is 1. The summed E-state index contributed by atoms with van der Waals surface area (Å²) < 4.78 is 11.1. The van der Waals surface area contributed by atoms with Crippen LogP contribution in [-0.4, -0.2) is 23.3 Å². The second-order valence-electron chi connectivity index (χ2n) is 6.68. The van der Waals surface area contributed by atoms with E-state index in [9.17, 15) is 9.59 Å². The van der Waals surface area contributed by atoms with E-state index >= 15 is 0 Å². The van der Waals surface area contributed by atoms with E-state index in [1.807, 2.05) is 37.3 Å². The highest BCUT2D eigenvalue weighted by atomic mass is 16.5. The molecule has 0 N–H and O–H groups in total. The number of pyridine rings is 1. The van der Waals surface area contributed by atoms with E-state index < -0.39 is 5.97 Å². The van der Waals surface area contributed by atoms with Gasteiger partial charge in [0.05, 0.1) is 6.61 Å². The maximum absolute atomic E-state index is 12.4. The number of Topliss-reactive ketones (excluding diaryl/α,β-unsaturated/α-hetero) is 1. The molecule has 0 spiro atoms. The third-order valence-electron chi connectivity index (χ3n) is 4.54. The predicted molar refractivity (Wildman–Crippen MR) is 103 cm³/mol. The highest BCUT2D eigenvalue weighted by Gasteiger charge is 2.19. The molecule has 0 unspecified atom stereocenters. The zero-order chi connectivity index (χ0) is 19.2. The van der Waals surface area contributed by atoms with Gasteiger partial charge in [-0.25, -0.2) is 4.79 Å². The van der Waals surface area contributed by atoms with Gasteiger partial charge in [-0.1, -0.05) is 6.07 Å². The zero-order valence-electron chi connectivity index (χ0n) is 15.7. The van der Waals surface area contributed by atoms with Gasteiger partial charge >= 0.3 is 5.97 Å². The SMILES string of the molecule is CC(=O)CCc1ccc2oc(C(=O)OCCCc3ccncc3)c(C)c2c1. The topological polar surface area (TPSA) is 69.4 Å². The minimum absolute atomic E-state index is 0.162. The average Bonchev–Trinajstić information content (AvgIpc) is 3.00. The Balaban J connectivity index is 1.62. The van der Waals surface area contributed by atoms with Crippen molar-refractivity contribution in [1.29, 1.82) is 0 Å². The Morgan fingerprint density at radius 3 is 2.59 bits per heavy atom. The van der Waals surface area contributed by atoms with Gasteiger partial charge in [-0.3, -0.25) is 4.98 Å². The number of hydrogen-bond acceptors (Lipinski definition) is 5. The first-order valence-corrected chi connectivity index (χ1v) is 9.12. The Kier molecular flexibility index (Phi) is 6.01. The molecule has 140 valence electrons. The van der Waals surface area contributed by atoms with Gasteiger partial charge in [-0.15, -0.1) is 0 Å². The summed E-state index contributed by atoms with van der Waals surface area (Å²) in [6, 6.07) is 9.66. The molecule has 5 nitrogen and oxygen atoms in total. The summed E-state index contributed by atoms with van der Waals surface area (Å²) in [5, 5.41) is 0.889. The van der Waals surface area contributed by atoms with Gasteiger partial charge in [-0.05, 0) is 68.5 Å². The summed E-state index contributed by atoms with van der Waals surface area (Å²) in [7, 11) is 0. The molecule has 0 fully saturated rings. The first kappa shape index (κ1) is 18.8. The number of aryl methyl sites for hydroxylation is 3. The lowest BCUT2D eigenvalue weighted by molar-refractivity contribution is -0.116. The van der Waals surface area contributed by atoms with Crippen LogP contribution in [0.5, 0.6) is 0 Å². The molecule has 2 aromatic heterocycles. The number of carbonyl (C=O) groups is 2. The van der Waals surface area contributed by atoms with Crippen LogP contribution >= 0.6 is 0 Å². The van der Waals surface area contributed by atoms with Crippen LogP contribution in [0.15, 0.2) is 47.1 Å². The van der Waals surface area contributed by atoms with E-state index in [2.05, 4.69) is 4.98 Å². The van der Waals surface area contributed by atoms with Crippen LogP contribution in [0, 0.1) is 6.92 Å². The molecule has 27 heavy (non-hydrogen) atoms. The molecule has 0 radical (unpaired) electrons. The van der Waals surface area contributed by atoms with Crippen molar-refractivity contribution in [1.82, 2.24) is 4.98 Å². The lowest BCUT2D eigenvalue weighted by Crippen LogP contribution is -2.07. The van der Waals surface area contributed by atoms with Crippen molar-refractivity contribution < 1.29 is 18.7 Å². The Morgan fingerprint density at radius 2 is 1.85 bits per heavy atom. The van der Waals surface area contributed by atoms with Crippen LogP contribution in [0.1, 0.15) is 47.0 Å². The molecule has 0 saturated carbocycles. The molecule has 5 heteroatoms. The van der Waals surface area contributed by atoms with E-state index in [1.54, 1.807) is 19.3 Å². The Bertz CT molecular complexity index is 944. The number of nitrogens with zero attached hydrogens (tertiary/aromatic N) is 1. The van der Waals surface area contributed by atoms with Gasteiger partial charge < -0.3 is 13.9 Å². The van der Waals surface area contributed by atoms with Gasteiger partial charge in [0.1, 0.15) is 11.4 Å². The fraction of sp³-hybridized carbons (Fsp3) is 0.318. The number of benzene rings is 1. The van der Waals surface area contributed by atoms with Crippen molar-refractivity contribution in [3.8, 4) is 0 Å². The second-order valence-corrected chi connectivity index (χ2v) is 6.68. The zero-order valence-corrected chi connectivity index (χ0v) is 15.7. The van der Waals surface area contributed by atoms with Crippen molar-refractivity contribution in [2.24, 2.45) is 0 Å². The molecule has 1 aromatic carbocycles. The summed E-state index contributed by atoms with van der Waals surface area (Å²) in [5.41, 5.74) is 3.65. The first-order chi connectivity index (χ1) is 13.0. The molecule has 2 heterocycles. The van der Waals surface area contributed by atoms with Gasteiger partial charge in [0.25, 0.3) is 0 Å². The van der Waals surface area contributed by atoms with Crippen molar-refractivity contribution in [3.63, 3.8) is 0 Å². The summed E-state index contributed by atoms with van der Waals surface area (Å²) in [6.07, 6.45) is 6.27. The molecule has 3 aromatic rings. The van der Waals surface area contributed by atoms with Crippen LogP contribution in [0.25, 0.3) is 11.0 Å². The molecule has 3 rings (SSSR count). The van der Waals surface area contributed by atoms with E-state index in [4.69, 9.17) is 9.15 Å². The van der Waals surface area contributed by atoms with Gasteiger partial charge in [0.15, 0.2) is 0 Å². The number of hydrogen-bond donors (Lipinski definition) is 0. The minimum atomic E-state index is -0.441. The Morgan fingerprint density at radius 1 is 1.07 bits per heavy atom. The van der Waals surface area contributed by atoms with Crippen LogP contribution in [0.2, 0.25) is 0 Å². The molecule has 0 aliphatic carbocycles. The number of rotatable bonds is 8. The van der Waals surface area contributed by atoms with Crippen LogP contribution in [-0.2, 0) is 22.4 Å². The van der Waals surface area contributed by atoms with Gasteiger partial charge in [-0.2, -0.15) is 0 Å². The fourth-order valence-corrected chi connectivity index (χ4v) is 2.99. The minimum Gasteiger partial charge on any atom is -0.460 e. The third-order valence-corrected chi connectivity index (χ3v) is 4.54. The summed E-state index contributed by atoms with van der Waals surface area (Å²) in [5.74, 6) is -0.0311. The highest BCUT2D eigenvalue weighted by molar-refractivity contribution is 5.96. The third kappa shape index (κ3) is 4.82. The quantitative estimate of drug-likeness (QED) is 0.436. The Hall–Kier alpha value is -2.95. The van der Waals surface area contributed by atoms with Crippen molar-refractivity contribution >= 4 is 22.7 Å². The second kappa shape index (κ2) is 8.62. The molecule has 0 aliphatic rings. The highest BCUT2D eigenvalue weighted by Crippen LogP contribution is 2.27. The fourth-order valence-electron chi connectivity index (χ4n) is 2.99. The van der Waals surface area contributed by atoms with Crippen molar-refractivity contribution in [2.75, 3.05) is 6.61 Å². The number of fused-ring (bicyclic) bond motifs is 1. The van der Waals surface area contributed by atoms with E-state index in [-0.39, 0.29) is 11.5 Å². The van der Waals surface area contributed by atoms with E-state index in [1.165, 1.54) is 5.56 Å². The lowest BCUT2D eigenvalue weighted by Gasteiger charge is -2.04. The average molecular weight is 365 g/mol. The molecule has 0 amide bonds. The first-order valence-electron chi connectivity index (χ1n) is 9.12. The number of carbonyl (C=O) groups excluding carboxylic acids is 2. The number of aromatic nitrogens is 1. The smallest absolute Gasteiger partial charge is 0.374 e. The van der Waals surface area contributed by atoms with Gasteiger partial charge in [0, 0.05) is 29.8 Å². The maximum atomic E-state index is 12.4. The van der Waals surface area contributed by atoms with Crippen LogP contribution < -0.4 is 0 Å². The predicted octanol–water partition coefficient (Wildman–Crippen LogP) is 4.45. The van der Waals surface area contributed by atoms with E-state index in [0.717, 1.165) is 29.4 Å². The largest absolute Gasteiger partial charge is 0.460 e. The van der Waals surface area contributed by atoms with Crippen LogP contribution in [0.3, 0.4) is 0 Å². The summed E-state index contributed by atoms with van der Waals surface area (Å²) in [6.45, 7) is 3.78. The molecule has 0 aliphatic heterocycles.